The van der Waals surface area contributed by atoms with Crippen LogP contribution in [0.5, 0.6) is 11.5 Å². The molecule has 1 amide bonds. The van der Waals surface area contributed by atoms with Crippen LogP contribution in [0.4, 0.5) is 0 Å². The normalized spacial score (nSPS) is 20.3. The first-order valence-corrected chi connectivity index (χ1v) is 9.86. The van der Waals surface area contributed by atoms with E-state index in [9.17, 15) is 14.7 Å². The quantitative estimate of drug-likeness (QED) is 0.646. The fourth-order valence-electron chi connectivity index (χ4n) is 4.03. The first-order valence-electron chi connectivity index (χ1n) is 9.86. The highest BCUT2D eigenvalue weighted by Gasteiger charge is 2.43. The summed E-state index contributed by atoms with van der Waals surface area (Å²) in [4.78, 5) is 28.1. The van der Waals surface area contributed by atoms with Crippen LogP contribution < -0.4 is 14.4 Å². The van der Waals surface area contributed by atoms with Gasteiger partial charge in [-0.25, -0.2) is 0 Å². The minimum atomic E-state index is -0.704. The lowest BCUT2D eigenvalue weighted by Gasteiger charge is -2.29. The average molecular weight is 405 g/mol. The van der Waals surface area contributed by atoms with Gasteiger partial charge in [-0.2, -0.15) is 0 Å². The summed E-state index contributed by atoms with van der Waals surface area (Å²) in [6.07, 6.45) is 0.752. The zero-order valence-electron chi connectivity index (χ0n) is 17.2. The van der Waals surface area contributed by atoms with Gasteiger partial charge in [-0.15, -0.1) is 0 Å². The van der Waals surface area contributed by atoms with Gasteiger partial charge in [-0.3, -0.25) is 9.59 Å². The lowest BCUT2D eigenvalue weighted by atomic mass is 9.95. The van der Waals surface area contributed by atoms with E-state index in [1.54, 1.807) is 30.2 Å². The van der Waals surface area contributed by atoms with Crippen LogP contribution in [0.3, 0.4) is 0 Å². The highest BCUT2D eigenvalue weighted by molar-refractivity contribution is 6.08. The van der Waals surface area contributed by atoms with Crippen molar-refractivity contribution in [1.29, 1.82) is 0 Å². The van der Waals surface area contributed by atoms with Gasteiger partial charge in [0.05, 0.1) is 45.6 Å². The molecule has 2 N–H and O–H groups in total. The van der Waals surface area contributed by atoms with Gasteiger partial charge in [0.25, 0.3) is 5.91 Å². The Balaban J connectivity index is 1.88. The number of carbonyl (C=O) groups excluding carboxylic acids is 2. The van der Waals surface area contributed by atoms with Crippen molar-refractivity contribution >= 4 is 11.7 Å². The van der Waals surface area contributed by atoms with Gasteiger partial charge in [0, 0.05) is 18.5 Å². The van der Waals surface area contributed by atoms with Crippen molar-refractivity contribution in [2.24, 2.45) is 0 Å². The van der Waals surface area contributed by atoms with Crippen LogP contribution in [0.1, 0.15) is 24.9 Å². The van der Waals surface area contributed by atoms with E-state index < -0.39 is 17.7 Å². The molecule has 158 valence electrons. The van der Waals surface area contributed by atoms with Crippen molar-refractivity contribution in [1.82, 2.24) is 4.90 Å². The highest BCUT2D eigenvalue weighted by atomic mass is 16.5. The Hall–Kier alpha value is -2.58. The van der Waals surface area contributed by atoms with Crippen molar-refractivity contribution in [2.45, 2.75) is 19.4 Å². The van der Waals surface area contributed by atoms with Gasteiger partial charge in [0.15, 0.2) is 11.5 Å². The van der Waals surface area contributed by atoms with Crippen LogP contribution in [0, 0.1) is 0 Å². The molecule has 29 heavy (non-hydrogen) atoms. The zero-order valence-corrected chi connectivity index (χ0v) is 17.2. The molecule has 0 aromatic heterocycles. The summed E-state index contributed by atoms with van der Waals surface area (Å²) in [5, 5.41) is 10.4. The largest absolute Gasteiger partial charge is 0.503 e. The molecule has 2 aliphatic rings. The first-order chi connectivity index (χ1) is 14.0. The summed E-state index contributed by atoms with van der Waals surface area (Å²) in [7, 11) is 3.08. The van der Waals surface area contributed by atoms with Gasteiger partial charge in [0.2, 0.25) is 0 Å². The molecule has 1 atom stereocenters. The SMILES string of the molecule is COc1ccc(OC)c([C@@H]2C(C(C)=O)=C(O)C(=O)N2CCC[NH+]2CCOCC2)c1. The zero-order chi connectivity index (χ0) is 21.0. The van der Waals surface area contributed by atoms with E-state index in [1.165, 1.54) is 18.9 Å². The predicted molar refractivity (Wildman–Crippen MR) is 105 cm³/mol. The third kappa shape index (κ3) is 4.38. The van der Waals surface area contributed by atoms with E-state index in [1.807, 2.05) is 0 Å². The van der Waals surface area contributed by atoms with Gasteiger partial charge >= 0.3 is 0 Å². The summed E-state index contributed by atoms with van der Waals surface area (Å²) in [5.74, 6) is -0.235. The Morgan fingerprint density at radius 2 is 2.00 bits per heavy atom. The van der Waals surface area contributed by atoms with Gasteiger partial charge in [-0.1, -0.05) is 0 Å². The molecule has 8 nitrogen and oxygen atoms in total. The summed E-state index contributed by atoms with van der Waals surface area (Å²) in [6.45, 7) is 6.07. The molecule has 0 aliphatic carbocycles. The van der Waals surface area contributed by atoms with Crippen molar-refractivity contribution < 1.29 is 33.8 Å². The number of Topliss-reactive ketones (excluding diaryl/α,β-unsaturated/α-hetero) is 1. The summed E-state index contributed by atoms with van der Waals surface area (Å²) < 4.78 is 16.2. The Morgan fingerprint density at radius 1 is 1.28 bits per heavy atom. The number of hydrogen-bond donors (Lipinski definition) is 2. The number of morpholine rings is 1. The second-order valence-electron chi connectivity index (χ2n) is 7.29. The summed E-state index contributed by atoms with van der Waals surface area (Å²) in [6, 6.07) is 4.53. The van der Waals surface area contributed by atoms with E-state index in [-0.39, 0.29) is 11.4 Å². The molecule has 0 bridgehead atoms. The molecule has 0 radical (unpaired) electrons. The number of nitrogens with one attached hydrogen (secondary N) is 1. The van der Waals surface area contributed by atoms with E-state index in [0.717, 1.165) is 39.3 Å². The van der Waals surface area contributed by atoms with E-state index >= 15 is 0 Å². The predicted octanol–water partition coefficient (Wildman–Crippen LogP) is 0.293. The van der Waals surface area contributed by atoms with E-state index in [4.69, 9.17) is 14.2 Å². The first kappa shape index (κ1) is 21.1. The highest BCUT2D eigenvalue weighted by Crippen LogP contribution is 2.42. The molecular formula is C21H29N2O6+. The number of ether oxygens (including phenoxy) is 3. The van der Waals surface area contributed by atoms with Crippen molar-refractivity contribution in [2.75, 3.05) is 53.6 Å². The number of aliphatic hydroxyl groups is 1. The molecule has 2 heterocycles. The maximum Gasteiger partial charge on any atom is 0.290 e. The maximum atomic E-state index is 12.8. The van der Waals surface area contributed by atoms with E-state index in [0.29, 0.717) is 23.6 Å². The fourth-order valence-corrected chi connectivity index (χ4v) is 4.03. The number of amides is 1. The number of benzene rings is 1. The van der Waals surface area contributed by atoms with Gasteiger partial charge in [-0.05, 0) is 25.1 Å². The molecular weight excluding hydrogens is 376 g/mol. The molecule has 0 unspecified atom stereocenters. The van der Waals surface area contributed by atoms with Crippen LogP contribution in [0.25, 0.3) is 0 Å². The maximum absolute atomic E-state index is 12.8. The molecule has 1 fully saturated rings. The molecule has 0 saturated carbocycles. The summed E-state index contributed by atoms with van der Waals surface area (Å²) >= 11 is 0. The van der Waals surface area contributed by atoms with Gasteiger partial charge < -0.3 is 29.1 Å². The molecule has 1 saturated heterocycles. The Morgan fingerprint density at radius 3 is 2.62 bits per heavy atom. The third-order valence-electron chi connectivity index (χ3n) is 5.54. The fraction of sp³-hybridized carbons (Fsp3) is 0.524. The molecule has 3 rings (SSSR count). The lowest BCUT2D eigenvalue weighted by Crippen LogP contribution is -3.14. The van der Waals surface area contributed by atoms with E-state index in [2.05, 4.69) is 0 Å². The minimum Gasteiger partial charge on any atom is -0.503 e. The smallest absolute Gasteiger partial charge is 0.290 e. The third-order valence-corrected chi connectivity index (χ3v) is 5.54. The van der Waals surface area contributed by atoms with Crippen LogP contribution in [0.15, 0.2) is 29.5 Å². The topological polar surface area (TPSA) is 89.7 Å². The van der Waals surface area contributed by atoms with Crippen LogP contribution in [-0.4, -0.2) is 75.3 Å². The Kier molecular flexibility index (Phi) is 6.76. The molecule has 1 aromatic rings. The monoisotopic (exact) mass is 405 g/mol. The number of quaternary nitrogens is 1. The number of ketones is 1. The number of hydrogen-bond acceptors (Lipinski definition) is 6. The number of rotatable bonds is 8. The number of aliphatic hydroxyl groups excluding tert-OH is 1. The summed E-state index contributed by atoms with van der Waals surface area (Å²) in [5.41, 5.74) is 0.716. The van der Waals surface area contributed by atoms with Crippen LogP contribution in [-0.2, 0) is 14.3 Å². The Bertz CT molecular complexity index is 800. The standard InChI is InChI=1S/C21H28N2O6/c1-14(24)18-19(16-13-15(27-2)5-6-17(16)28-3)23(21(26)20(18)25)8-4-7-22-9-11-29-12-10-22/h5-6,13,19,25H,4,7-12H2,1-3H3/p+1/t19-/m1/s1. The Labute approximate surface area is 170 Å². The van der Waals surface area contributed by atoms with Gasteiger partial charge in [0.1, 0.15) is 24.6 Å². The molecule has 0 spiro atoms. The molecule has 1 aromatic carbocycles. The second kappa shape index (κ2) is 9.28. The minimum absolute atomic E-state index is 0.0975. The van der Waals surface area contributed by atoms with Crippen LogP contribution in [0.2, 0.25) is 0 Å². The number of methoxy groups -OCH3 is 2. The van der Waals surface area contributed by atoms with Crippen molar-refractivity contribution in [3.8, 4) is 11.5 Å². The average Bonchev–Trinajstić information content (AvgIpc) is 2.99. The molecule has 8 heteroatoms. The number of nitrogens with zero attached hydrogens (tertiary/aromatic N) is 1. The molecule has 2 aliphatic heterocycles. The van der Waals surface area contributed by atoms with Crippen molar-refractivity contribution in [3.63, 3.8) is 0 Å². The lowest BCUT2D eigenvalue weighted by molar-refractivity contribution is -0.908. The van der Waals surface area contributed by atoms with Crippen molar-refractivity contribution in [3.05, 3.63) is 35.1 Å². The second-order valence-corrected chi connectivity index (χ2v) is 7.29. The van der Waals surface area contributed by atoms with Crippen LogP contribution >= 0.6 is 0 Å². The number of carbonyl (C=O) groups is 2.